The summed E-state index contributed by atoms with van der Waals surface area (Å²) in [4.78, 5) is 5.51. The van der Waals surface area contributed by atoms with E-state index in [-0.39, 0.29) is 6.04 Å². The second-order valence-electron chi connectivity index (χ2n) is 5.25. The lowest BCUT2D eigenvalue weighted by atomic mass is 10.3. The van der Waals surface area contributed by atoms with Gasteiger partial charge < -0.3 is 10.6 Å². The second-order valence-corrected chi connectivity index (χ2v) is 5.25. The van der Waals surface area contributed by atoms with Crippen molar-refractivity contribution in [1.82, 2.24) is 25.3 Å². The molecule has 6 nitrogen and oxygen atoms in total. The number of aliphatic imine (C=N–C) groups is 1. The highest BCUT2D eigenvalue weighted by Gasteiger charge is 2.34. The Balaban J connectivity index is 1.70. The van der Waals surface area contributed by atoms with E-state index in [1.54, 1.807) is 17.9 Å². The zero-order valence-electron chi connectivity index (χ0n) is 12.5. The fourth-order valence-corrected chi connectivity index (χ4v) is 2.46. The van der Waals surface area contributed by atoms with Crippen LogP contribution in [0.5, 0.6) is 0 Å². The second kappa shape index (κ2) is 7.48. The number of hydrogen-bond acceptors (Lipinski definition) is 3. The Bertz CT molecular complexity index is 471. The molecular weight excluding hydrogens is 297 g/mol. The smallest absolute Gasteiger partial charge is 0.355 e. The van der Waals surface area contributed by atoms with Gasteiger partial charge in [-0.25, -0.2) is 0 Å². The van der Waals surface area contributed by atoms with E-state index < -0.39 is 12.7 Å². The lowest BCUT2D eigenvalue weighted by Gasteiger charge is -2.19. The quantitative estimate of drug-likeness (QED) is 0.619. The standard InChI is InChI=1S/C13H21F3N6/c1-17-12(18-5-8-22-6-2-4-19-22)20-11-3-7-21(9-11)10-13(14,15)16/h2,4,6,11H,3,5,7-10H2,1H3,(H2,17,18,20). The van der Waals surface area contributed by atoms with E-state index in [2.05, 4.69) is 20.7 Å². The molecule has 2 rings (SSSR count). The van der Waals surface area contributed by atoms with E-state index in [0.29, 0.717) is 38.6 Å². The molecule has 124 valence electrons. The molecule has 2 heterocycles. The van der Waals surface area contributed by atoms with Crippen LogP contribution < -0.4 is 10.6 Å². The first-order valence-electron chi connectivity index (χ1n) is 7.20. The van der Waals surface area contributed by atoms with E-state index >= 15 is 0 Å². The third kappa shape index (κ3) is 5.55. The largest absolute Gasteiger partial charge is 0.401 e. The monoisotopic (exact) mass is 318 g/mol. The molecule has 0 aromatic carbocycles. The van der Waals surface area contributed by atoms with Crippen molar-refractivity contribution >= 4 is 5.96 Å². The van der Waals surface area contributed by atoms with Gasteiger partial charge in [-0.3, -0.25) is 14.6 Å². The Morgan fingerprint density at radius 3 is 2.91 bits per heavy atom. The predicted octanol–water partition coefficient (Wildman–Crippen LogP) is 0.685. The van der Waals surface area contributed by atoms with Gasteiger partial charge >= 0.3 is 6.18 Å². The molecule has 1 aliphatic heterocycles. The molecule has 22 heavy (non-hydrogen) atoms. The molecule has 1 aliphatic rings. The topological polar surface area (TPSA) is 57.5 Å². The SMILES string of the molecule is CN=C(NCCn1cccn1)NC1CCN(CC(F)(F)F)C1. The number of nitrogens with one attached hydrogen (secondary N) is 2. The maximum absolute atomic E-state index is 12.4. The Hall–Kier alpha value is -1.77. The highest BCUT2D eigenvalue weighted by atomic mass is 19.4. The number of aromatic nitrogens is 2. The molecule has 1 aromatic rings. The first kappa shape index (κ1) is 16.6. The van der Waals surface area contributed by atoms with Gasteiger partial charge in [-0.15, -0.1) is 0 Å². The van der Waals surface area contributed by atoms with E-state index in [1.165, 1.54) is 4.90 Å². The summed E-state index contributed by atoms with van der Waals surface area (Å²) in [5.74, 6) is 0.603. The molecule has 1 atom stereocenters. The van der Waals surface area contributed by atoms with E-state index in [9.17, 15) is 13.2 Å². The summed E-state index contributed by atoms with van der Waals surface area (Å²) in [5.41, 5.74) is 0. The molecule has 0 aliphatic carbocycles. The molecule has 0 spiro atoms. The Labute approximate surface area is 127 Å². The van der Waals surface area contributed by atoms with Gasteiger partial charge in [0.25, 0.3) is 0 Å². The molecule has 1 fully saturated rings. The molecular formula is C13H21F3N6. The molecule has 0 bridgehead atoms. The van der Waals surface area contributed by atoms with Crippen molar-refractivity contribution < 1.29 is 13.2 Å². The third-order valence-corrected chi connectivity index (χ3v) is 3.43. The number of alkyl halides is 3. The maximum Gasteiger partial charge on any atom is 0.401 e. The number of likely N-dealkylation sites (tertiary alicyclic amines) is 1. The molecule has 1 unspecified atom stereocenters. The van der Waals surface area contributed by atoms with Gasteiger partial charge in [-0.05, 0) is 12.5 Å². The van der Waals surface area contributed by atoms with Gasteiger partial charge in [0.05, 0.1) is 13.1 Å². The minimum absolute atomic E-state index is 0.0155. The fraction of sp³-hybridized carbons (Fsp3) is 0.692. The fourth-order valence-electron chi connectivity index (χ4n) is 2.46. The lowest BCUT2D eigenvalue weighted by Crippen LogP contribution is -2.45. The summed E-state index contributed by atoms with van der Waals surface area (Å²) in [7, 11) is 1.64. The minimum Gasteiger partial charge on any atom is -0.355 e. The van der Waals surface area contributed by atoms with Gasteiger partial charge in [0, 0.05) is 45.1 Å². The average molecular weight is 318 g/mol. The van der Waals surface area contributed by atoms with Crippen molar-refractivity contribution in [3.05, 3.63) is 18.5 Å². The van der Waals surface area contributed by atoms with Crippen LogP contribution in [0, 0.1) is 0 Å². The van der Waals surface area contributed by atoms with Gasteiger partial charge in [-0.2, -0.15) is 18.3 Å². The number of halogens is 3. The normalized spacial score (nSPS) is 20.4. The van der Waals surface area contributed by atoms with Gasteiger partial charge in [-0.1, -0.05) is 0 Å². The zero-order chi connectivity index (χ0) is 16.0. The number of rotatable bonds is 5. The molecule has 9 heteroatoms. The Morgan fingerprint density at radius 2 is 2.27 bits per heavy atom. The predicted molar refractivity (Wildman–Crippen MR) is 77.6 cm³/mol. The highest BCUT2D eigenvalue weighted by Crippen LogP contribution is 2.19. The van der Waals surface area contributed by atoms with Gasteiger partial charge in [0.15, 0.2) is 5.96 Å². The van der Waals surface area contributed by atoms with Crippen molar-refractivity contribution in [1.29, 1.82) is 0 Å². The average Bonchev–Trinajstić information content (AvgIpc) is 3.08. The Kier molecular flexibility index (Phi) is 5.64. The minimum atomic E-state index is -4.14. The Morgan fingerprint density at radius 1 is 1.45 bits per heavy atom. The van der Waals surface area contributed by atoms with Gasteiger partial charge in [0.2, 0.25) is 0 Å². The van der Waals surface area contributed by atoms with Crippen LogP contribution in [0.25, 0.3) is 0 Å². The summed E-state index contributed by atoms with van der Waals surface area (Å²) in [6.45, 7) is 1.30. The van der Waals surface area contributed by atoms with Crippen LogP contribution in [0.3, 0.4) is 0 Å². The van der Waals surface area contributed by atoms with Crippen molar-refractivity contribution in [3.8, 4) is 0 Å². The lowest BCUT2D eigenvalue weighted by molar-refractivity contribution is -0.143. The highest BCUT2D eigenvalue weighted by molar-refractivity contribution is 5.79. The van der Waals surface area contributed by atoms with Gasteiger partial charge in [0.1, 0.15) is 0 Å². The van der Waals surface area contributed by atoms with Crippen molar-refractivity contribution in [3.63, 3.8) is 0 Å². The number of hydrogen-bond donors (Lipinski definition) is 2. The molecule has 2 N–H and O–H groups in total. The van der Waals surface area contributed by atoms with Crippen LogP contribution in [0.15, 0.2) is 23.5 Å². The van der Waals surface area contributed by atoms with Crippen LogP contribution >= 0.6 is 0 Å². The third-order valence-electron chi connectivity index (χ3n) is 3.43. The summed E-state index contributed by atoms with van der Waals surface area (Å²) in [6, 6.07) is 1.83. The first-order valence-corrected chi connectivity index (χ1v) is 7.20. The van der Waals surface area contributed by atoms with Crippen molar-refractivity contribution in [2.45, 2.75) is 25.2 Å². The van der Waals surface area contributed by atoms with Crippen LogP contribution in [0.1, 0.15) is 6.42 Å². The molecule has 1 aromatic heterocycles. The zero-order valence-corrected chi connectivity index (χ0v) is 12.5. The van der Waals surface area contributed by atoms with Crippen LogP contribution in [0.4, 0.5) is 13.2 Å². The summed E-state index contributed by atoms with van der Waals surface area (Å²) in [6.07, 6.45) is 0.110. The summed E-state index contributed by atoms with van der Waals surface area (Å²) < 4.78 is 38.9. The molecule has 0 amide bonds. The summed E-state index contributed by atoms with van der Waals surface area (Å²) in [5, 5.41) is 10.4. The van der Waals surface area contributed by atoms with E-state index in [4.69, 9.17) is 0 Å². The van der Waals surface area contributed by atoms with Crippen LogP contribution in [-0.4, -0.2) is 66.1 Å². The molecule has 0 saturated carbocycles. The molecule has 0 radical (unpaired) electrons. The summed E-state index contributed by atoms with van der Waals surface area (Å²) >= 11 is 0. The van der Waals surface area contributed by atoms with E-state index in [1.807, 2.05) is 12.3 Å². The number of guanidine groups is 1. The molecule has 1 saturated heterocycles. The van der Waals surface area contributed by atoms with Crippen LogP contribution in [0.2, 0.25) is 0 Å². The van der Waals surface area contributed by atoms with E-state index in [0.717, 1.165) is 0 Å². The maximum atomic E-state index is 12.4. The van der Waals surface area contributed by atoms with Crippen LogP contribution in [-0.2, 0) is 6.54 Å². The van der Waals surface area contributed by atoms with Crippen molar-refractivity contribution in [2.24, 2.45) is 4.99 Å². The first-order chi connectivity index (χ1) is 10.5. The number of nitrogens with zero attached hydrogens (tertiary/aromatic N) is 4. The van der Waals surface area contributed by atoms with Crippen molar-refractivity contribution in [2.75, 3.05) is 33.2 Å².